The highest BCUT2D eigenvalue weighted by atomic mass is 31.2. The predicted molar refractivity (Wildman–Crippen MR) is 60.7 cm³/mol. The monoisotopic (exact) mass is 272 g/mol. The summed E-state index contributed by atoms with van der Waals surface area (Å²) in [5.74, 6) is 0. The molecule has 0 saturated heterocycles. The van der Waals surface area contributed by atoms with Crippen LogP contribution in [0, 0.1) is 0 Å². The van der Waals surface area contributed by atoms with Gasteiger partial charge in [-0.2, -0.15) is 0 Å². The van der Waals surface area contributed by atoms with E-state index < -0.39 is 7.82 Å². The summed E-state index contributed by atoms with van der Waals surface area (Å²) in [4.78, 5) is 16.7. The molecule has 0 heterocycles. The average Bonchev–Trinajstić information content (AvgIpc) is 2.24. The van der Waals surface area contributed by atoms with Gasteiger partial charge in [0.25, 0.3) is 0 Å². The molecule has 7 nitrogen and oxygen atoms in total. The fourth-order valence-corrected chi connectivity index (χ4v) is 1.21. The quantitative estimate of drug-likeness (QED) is 0.396. The summed E-state index contributed by atoms with van der Waals surface area (Å²) in [7, 11) is -4.37. The molecule has 0 aliphatic heterocycles. The second-order valence-electron chi connectivity index (χ2n) is 3.16. The van der Waals surface area contributed by atoms with E-state index in [1.54, 1.807) is 0 Å². The van der Waals surface area contributed by atoms with Gasteiger partial charge in [-0.1, -0.05) is 6.92 Å². The first-order valence-electron chi connectivity index (χ1n) is 5.49. The van der Waals surface area contributed by atoms with Crippen LogP contribution in [0.2, 0.25) is 0 Å². The van der Waals surface area contributed by atoms with Crippen LogP contribution in [-0.2, 0) is 23.3 Å². The molecule has 0 atom stereocenters. The molecular formula is C9H21O7P. The van der Waals surface area contributed by atoms with Crippen LogP contribution in [0.15, 0.2) is 0 Å². The molecule has 0 rings (SSSR count). The van der Waals surface area contributed by atoms with E-state index in [9.17, 15) is 4.57 Å². The summed E-state index contributed by atoms with van der Waals surface area (Å²) in [5, 5.41) is 0. The predicted octanol–water partition coefficient (Wildman–Crippen LogP) is 0.555. The van der Waals surface area contributed by atoms with Gasteiger partial charge in [0.05, 0.1) is 39.6 Å². The minimum atomic E-state index is -4.37. The number of phosphoric acid groups is 1. The largest absolute Gasteiger partial charge is 0.469 e. The second kappa shape index (κ2) is 11.1. The first kappa shape index (κ1) is 17.0. The Morgan fingerprint density at radius 3 is 1.65 bits per heavy atom. The molecule has 0 spiro atoms. The Balaban J connectivity index is 3.01. The van der Waals surface area contributed by atoms with Gasteiger partial charge in [-0.25, -0.2) is 4.57 Å². The molecule has 104 valence electrons. The van der Waals surface area contributed by atoms with Gasteiger partial charge in [-0.3, -0.25) is 4.52 Å². The average molecular weight is 272 g/mol. The molecule has 0 bridgehead atoms. The number of hydrogen-bond acceptors (Lipinski definition) is 5. The highest BCUT2D eigenvalue weighted by Gasteiger charge is 2.12. The van der Waals surface area contributed by atoms with Crippen LogP contribution < -0.4 is 0 Å². The van der Waals surface area contributed by atoms with Crippen LogP contribution in [0.5, 0.6) is 0 Å². The van der Waals surface area contributed by atoms with Crippen molar-refractivity contribution in [1.82, 2.24) is 0 Å². The Hall–Kier alpha value is -0.0100. The molecule has 0 fully saturated rings. The molecule has 0 aromatic rings. The molecular weight excluding hydrogens is 251 g/mol. The van der Waals surface area contributed by atoms with Gasteiger partial charge < -0.3 is 24.0 Å². The van der Waals surface area contributed by atoms with Crippen molar-refractivity contribution in [3.63, 3.8) is 0 Å². The Bertz CT molecular complexity index is 206. The van der Waals surface area contributed by atoms with Crippen molar-refractivity contribution < 1.29 is 33.1 Å². The van der Waals surface area contributed by atoms with Gasteiger partial charge in [0.15, 0.2) is 0 Å². The van der Waals surface area contributed by atoms with Crippen molar-refractivity contribution >= 4 is 7.82 Å². The first-order valence-corrected chi connectivity index (χ1v) is 7.02. The van der Waals surface area contributed by atoms with Crippen molar-refractivity contribution in [2.45, 2.75) is 13.3 Å². The Kier molecular flexibility index (Phi) is 11.1. The van der Waals surface area contributed by atoms with E-state index in [0.717, 1.165) is 13.0 Å². The van der Waals surface area contributed by atoms with E-state index in [2.05, 4.69) is 4.52 Å². The third kappa shape index (κ3) is 16.0. The van der Waals surface area contributed by atoms with Crippen LogP contribution in [0.25, 0.3) is 0 Å². The third-order valence-electron chi connectivity index (χ3n) is 1.58. The lowest BCUT2D eigenvalue weighted by atomic mass is 10.5. The highest BCUT2D eigenvalue weighted by molar-refractivity contribution is 7.46. The molecule has 0 saturated carbocycles. The smallest absolute Gasteiger partial charge is 0.379 e. The lowest BCUT2D eigenvalue weighted by Crippen LogP contribution is -2.11. The Labute approximate surface area is 101 Å². The summed E-state index contributed by atoms with van der Waals surface area (Å²) in [6, 6.07) is 0. The van der Waals surface area contributed by atoms with Gasteiger partial charge in [0.2, 0.25) is 0 Å². The van der Waals surface area contributed by atoms with Crippen molar-refractivity contribution in [2.24, 2.45) is 0 Å². The highest BCUT2D eigenvalue weighted by Crippen LogP contribution is 2.35. The maximum Gasteiger partial charge on any atom is 0.469 e. The third-order valence-corrected chi connectivity index (χ3v) is 2.10. The van der Waals surface area contributed by atoms with Crippen molar-refractivity contribution in [2.75, 3.05) is 46.2 Å². The number of hydrogen-bond donors (Lipinski definition) is 2. The summed E-state index contributed by atoms with van der Waals surface area (Å²) in [6.45, 7) is 4.62. The maximum absolute atomic E-state index is 10.3. The molecule has 0 aromatic heterocycles. The van der Waals surface area contributed by atoms with Gasteiger partial charge in [0, 0.05) is 6.61 Å². The fourth-order valence-electron chi connectivity index (χ4n) is 0.901. The number of ether oxygens (including phenoxy) is 3. The summed E-state index contributed by atoms with van der Waals surface area (Å²) < 4.78 is 29.9. The van der Waals surface area contributed by atoms with Crippen LogP contribution in [0.4, 0.5) is 0 Å². The summed E-state index contributed by atoms with van der Waals surface area (Å²) in [6.07, 6.45) is 0.989. The molecule has 0 aromatic carbocycles. The van der Waals surface area contributed by atoms with E-state index in [1.807, 2.05) is 6.92 Å². The van der Waals surface area contributed by atoms with Gasteiger partial charge in [0.1, 0.15) is 0 Å². The summed E-state index contributed by atoms with van der Waals surface area (Å²) >= 11 is 0. The maximum atomic E-state index is 10.3. The molecule has 2 N–H and O–H groups in total. The van der Waals surface area contributed by atoms with Gasteiger partial charge >= 0.3 is 7.82 Å². The molecule has 0 aliphatic carbocycles. The van der Waals surface area contributed by atoms with Crippen molar-refractivity contribution in [3.8, 4) is 0 Å². The first-order chi connectivity index (χ1) is 8.06. The lowest BCUT2D eigenvalue weighted by molar-refractivity contribution is 0.00765. The van der Waals surface area contributed by atoms with Crippen LogP contribution in [-0.4, -0.2) is 56.0 Å². The number of rotatable bonds is 12. The Morgan fingerprint density at radius 1 is 0.824 bits per heavy atom. The molecule has 0 radical (unpaired) electrons. The number of phosphoric ester groups is 1. The van der Waals surface area contributed by atoms with E-state index in [4.69, 9.17) is 24.0 Å². The SMILES string of the molecule is CCCOCCOCCOCCOP(=O)(O)O. The van der Waals surface area contributed by atoms with Crippen LogP contribution in [0.3, 0.4) is 0 Å². The van der Waals surface area contributed by atoms with Gasteiger partial charge in [-0.15, -0.1) is 0 Å². The molecule has 0 unspecified atom stereocenters. The van der Waals surface area contributed by atoms with E-state index in [1.165, 1.54) is 0 Å². The molecule has 17 heavy (non-hydrogen) atoms. The lowest BCUT2D eigenvalue weighted by Gasteiger charge is -2.07. The zero-order chi connectivity index (χ0) is 13.0. The topological polar surface area (TPSA) is 94.5 Å². The zero-order valence-electron chi connectivity index (χ0n) is 10.0. The van der Waals surface area contributed by atoms with E-state index >= 15 is 0 Å². The Morgan fingerprint density at radius 2 is 1.24 bits per heavy atom. The van der Waals surface area contributed by atoms with Crippen LogP contribution in [0.1, 0.15) is 13.3 Å². The molecule has 0 aliphatic rings. The van der Waals surface area contributed by atoms with Gasteiger partial charge in [-0.05, 0) is 6.42 Å². The second-order valence-corrected chi connectivity index (χ2v) is 4.40. The van der Waals surface area contributed by atoms with Crippen molar-refractivity contribution in [1.29, 1.82) is 0 Å². The molecule has 8 heteroatoms. The van der Waals surface area contributed by atoms with E-state index in [-0.39, 0.29) is 13.2 Å². The minimum Gasteiger partial charge on any atom is -0.379 e. The fraction of sp³-hybridized carbons (Fsp3) is 1.00. The zero-order valence-corrected chi connectivity index (χ0v) is 10.9. The molecule has 0 amide bonds. The standard InChI is InChI=1S/C9H21O7P/c1-2-3-13-4-5-14-6-7-15-8-9-16-17(10,11)12/h2-9H2,1H3,(H2,10,11,12). The minimum absolute atomic E-state index is 0.126. The van der Waals surface area contributed by atoms with E-state index in [0.29, 0.717) is 26.4 Å². The van der Waals surface area contributed by atoms with Crippen LogP contribution >= 0.6 is 7.82 Å². The summed E-state index contributed by atoms with van der Waals surface area (Å²) in [5.41, 5.74) is 0. The normalized spacial score (nSPS) is 11.9. The van der Waals surface area contributed by atoms with Crippen molar-refractivity contribution in [3.05, 3.63) is 0 Å².